The van der Waals surface area contributed by atoms with Crippen LogP contribution in [0.25, 0.3) is 0 Å². The molecule has 0 aliphatic heterocycles. The second kappa shape index (κ2) is 7.11. The molecule has 1 aromatic rings. The van der Waals surface area contributed by atoms with Crippen LogP contribution in [0.2, 0.25) is 5.02 Å². The molecule has 0 bridgehead atoms. The monoisotopic (exact) mass is 281 g/mol. The summed E-state index contributed by atoms with van der Waals surface area (Å²) in [5.41, 5.74) is 1.15. The summed E-state index contributed by atoms with van der Waals surface area (Å²) in [7, 11) is 2.08. The van der Waals surface area contributed by atoms with Crippen molar-refractivity contribution in [2.45, 2.75) is 39.2 Å². The van der Waals surface area contributed by atoms with E-state index in [1.807, 2.05) is 12.3 Å². The van der Waals surface area contributed by atoms with E-state index in [0.717, 1.165) is 48.4 Å². The molecule has 1 saturated carbocycles. The van der Waals surface area contributed by atoms with Gasteiger partial charge in [-0.2, -0.15) is 0 Å². The van der Waals surface area contributed by atoms with Crippen molar-refractivity contribution in [2.24, 2.45) is 5.92 Å². The lowest BCUT2D eigenvalue weighted by Crippen LogP contribution is -2.30. The van der Waals surface area contributed by atoms with E-state index >= 15 is 0 Å². The fourth-order valence-corrected chi connectivity index (χ4v) is 2.74. The maximum absolute atomic E-state index is 6.35. The van der Waals surface area contributed by atoms with Gasteiger partial charge in [-0.15, -0.1) is 0 Å². The van der Waals surface area contributed by atoms with Crippen LogP contribution in [0.15, 0.2) is 12.3 Å². The van der Waals surface area contributed by atoms with Crippen molar-refractivity contribution in [2.75, 3.05) is 25.0 Å². The summed E-state index contributed by atoms with van der Waals surface area (Å²) in [6.45, 7) is 5.10. The van der Waals surface area contributed by atoms with E-state index in [1.165, 1.54) is 19.3 Å². The molecular weight excluding hydrogens is 258 g/mol. The predicted molar refractivity (Wildman–Crippen MR) is 81.9 cm³/mol. The van der Waals surface area contributed by atoms with Gasteiger partial charge in [-0.05, 0) is 43.4 Å². The maximum atomic E-state index is 6.35. The van der Waals surface area contributed by atoms with Crippen LogP contribution in [0.4, 0.5) is 5.82 Å². The van der Waals surface area contributed by atoms with Gasteiger partial charge in [-0.1, -0.05) is 24.9 Å². The molecule has 0 saturated heterocycles. The first-order valence-corrected chi connectivity index (χ1v) is 7.64. The Morgan fingerprint density at radius 2 is 2.26 bits per heavy atom. The van der Waals surface area contributed by atoms with Gasteiger partial charge in [-0.25, -0.2) is 4.98 Å². The molecule has 1 aromatic heterocycles. The molecule has 1 heterocycles. The number of aromatic nitrogens is 1. The Kier molecular flexibility index (Phi) is 5.46. The summed E-state index contributed by atoms with van der Waals surface area (Å²) in [5.74, 6) is 1.74. The van der Waals surface area contributed by atoms with E-state index in [2.05, 4.69) is 29.2 Å². The summed E-state index contributed by atoms with van der Waals surface area (Å²) >= 11 is 6.35. The molecule has 4 heteroatoms. The average Bonchev–Trinajstić information content (AvgIpc) is 2.34. The molecular formula is C15H24ClN3. The van der Waals surface area contributed by atoms with Crippen molar-refractivity contribution in [1.82, 2.24) is 10.3 Å². The first-order chi connectivity index (χ1) is 9.20. The van der Waals surface area contributed by atoms with Gasteiger partial charge in [0.25, 0.3) is 0 Å². The predicted octanol–water partition coefficient (Wildman–Crippen LogP) is 3.47. The summed E-state index contributed by atoms with van der Waals surface area (Å²) in [6, 6.07) is 2.03. The van der Waals surface area contributed by atoms with E-state index in [-0.39, 0.29) is 0 Å². The zero-order valence-corrected chi connectivity index (χ0v) is 12.7. The molecule has 106 valence electrons. The van der Waals surface area contributed by atoms with Crippen LogP contribution < -0.4 is 10.2 Å². The van der Waals surface area contributed by atoms with E-state index in [0.29, 0.717) is 0 Å². The lowest BCUT2D eigenvalue weighted by atomic mass is 9.85. The molecule has 0 aromatic carbocycles. The Labute approximate surface area is 121 Å². The lowest BCUT2D eigenvalue weighted by Gasteiger charge is -2.31. The van der Waals surface area contributed by atoms with Gasteiger partial charge in [-0.3, -0.25) is 0 Å². The molecule has 0 amide bonds. The molecule has 1 aliphatic carbocycles. The molecule has 2 rings (SSSR count). The van der Waals surface area contributed by atoms with Crippen LogP contribution in [0, 0.1) is 5.92 Å². The van der Waals surface area contributed by atoms with Gasteiger partial charge < -0.3 is 10.2 Å². The fourth-order valence-electron chi connectivity index (χ4n) is 2.41. The minimum absolute atomic E-state index is 0.762. The standard InChI is InChI=1S/C15H24ClN3/c1-3-7-17-9-13-8-14(16)15(18-10-13)19(2)11-12-5-4-6-12/h8,10,12,17H,3-7,9,11H2,1-2H3. The highest BCUT2D eigenvalue weighted by Gasteiger charge is 2.20. The van der Waals surface area contributed by atoms with Crippen LogP contribution in [0.5, 0.6) is 0 Å². The zero-order valence-electron chi connectivity index (χ0n) is 12.0. The summed E-state index contributed by atoms with van der Waals surface area (Å²) in [4.78, 5) is 6.71. The number of anilines is 1. The summed E-state index contributed by atoms with van der Waals surface area (Å²) in [5, 5.41) is 4.13. The molecule has 0 unspecified atom stereocenters. The second-order valence-electron chi connectivity index (χ2n) is 5.50. The van der Waals surface area contributed by atoms with Crippen LogP contribution in [-0.2, 0) is 6.54 Å². The molecule has 19 heavy (non-hydrogen) atoms. The Morgan fingerprint density at radius 3 is 2.84 bits per heavy atom. The topological polar surface area (TPSA) is 28.2 Å². The fraction of sp³-hybridized carbons (Fsp3) is 0.667. The zero-order chi connectivity index (χ0) is 13.7. The Hall–Kier alpha value is -0.800. The Bertz CT molecular complexity index is 404. The molecule has 0 atom stereocenters. The van der Waals surface area contributed by atoms with Gasteiger partial charge in [0.1, 0.15) is 5.82 Å². The van der Waals surface area contributed by atoms with Crippen LogP contribution in [-0.4, -0.2) is 25.1 Å². The number of nitrogens with one attached hydrogen (secondary N) is 1. The van der Waals surface area contributed by atoms with Crippen LogP contribution >= 0.6 is 11.6 Å². The van der Waals surface area contributed by atoms with Crippen molar-refractivity contribution in [3.63, 3.8) is 0 Å². The van der Waals surface area contributed by atoms with Gasteiger partial charge in [0.2, 0.25) is 0 Å². The molecule has 1 aliphatic rings. The highest BCUT2D eigenvalue weighted by Crippen LogP contribution is 2.30. The van der Waals surface area contributed by atoms with Crippen molar-refractivity contribution in [1.29, 1.82) is 0 Å². The van der Waals surface area contributed by atoms with Crippen molar-refractivity contribution in [3.05, 3.63) is 22.8 Å². The number of rotatable bonds is 7. The molecule has 1 N–H and O–H groups in total. The van der Waals surface area contributed by atoms with Gasteiger partial charge in [0.05, 0.1) is 5.02 Å². The molecule has 1 fully saturated rings. The van der Waals surface area contributed by atoms with E-state index in [1.54, 1.807) is 0 Å². The van der Waals surface area contributed by atoms with Gasteiger partial charge >= 0.3 is 0 Å². The highest BCUT2D eigenvalue weighted by molar-refractivity contribution is 6.33. The number of hydrogen-bond donors (Lipinski definition) is 1. The van der Waals surface area contributed by atoms with Crippen LogP contribution in [0.3, 0.4) is 0 Å². The molecule has 0 spiro atoms. The Balaban J connectivity index is 1.93. The van der Waals surface area contributed by atoms with Crippen molar-refractivity contribution in [3.8, 4) is 0 Å². The molecule has 0 radical (unpaired) electrons. The summed E-state index contributed by atoms with van der Waals surface area (Å²) in [6.07, 6.45) is 7.15. The number of hydrogen-bond acceptors (Lipinski definition) is 3. The van der Waals surface area contributed by atoms with Gasteiger partial charge in [0.15, 0.2) is 0 Å². The van der Waals surface area contributed by atoms with E-state index in [4.69, 9.17) is 11.6 Å². The third-order valence-corrected chi connectivity index (χ3v) is 4.03. The highest BCUT2D eigenvalue weighted by atomic mass is 35.5. The first kappa shape index (κ1) is 14.6. The van der Waals surface area contributed by atoms with Crippen molar-refractivity contribution < 1.29 is 0 Å². The van der Waals surface area contributed by atoms with Crippen molar-refractivity contribution >= 4 is 17.4 Å². The number of pyridine rings is 1. The average molecular weight is 282 g/mol. The van der Waals surface area contributed by atoms with E-state index < -0.39 is 0 Å². The Morgan fingerprint density at radius 1 is 1.47 bits per heavy atom. The quantitative estimate of drug-likeness (QED) is 0.776. The SMILES string of the molecule is CCCNCc1cnc(N(C)CC2CCC2)c(Cl)c1. The minimum Gasteiger partial charge on any atom is -0.358 e. The summed E-state index contributed by atoms with van der Waals surface area (Å²) < 4.78 is 0. The maximum Gasteiger partial charge on any atom is 0.147 e. The third kappa shape index (κ3) is 4.08. The lowest BCUT2D eigenvalue weighted by molar-refractivity contribution is 0.321. The minimum atomic E-state index is 0.762. The number of nitrogens with zero attached hydrogens (tertiary/aromatic N) is 2. The molecule has 3 nitrogen and oxygen atoms in total. The smallest absolute Gasteiger partial charge is 0.147 e. The van der Waals surface area contributed by atoms with Crippen LogP contribution in [0.1, 0.15) is 38.2 Å². The first-order valence-electron chi connectivity index (χ1n) is 7.27. The largest absolute Gasteiger partial charge is 0.358 e. The number of halogens is 1. The van der Waals surface area contributed by atoms with Gasteiger partial charge in [0, 0.05) is 26.3 Å². The third-order valence-electron chi connectivity index (χ3n) is 3.75. The normalized spacial score (nSPS) is 15.3. The van der Waals surface area contributed by atoms with E-state index in [9.17, 15) is 0 Å². The second-order valence-corrected chi connectivity index (χ2v) is 5.91.